The van der Waals surface area contributed by atoms with Gasteiger partial charge in [-0.15, -0.1) is 0 Å². The van der Waals surface area contributed by atoms with Crippen LogP contribution in [0.25, 0.3) is 10.8 Å². The smallest absolute Gasteiger partial charge is 0.373 e. The van der Waals surface area contributed by atoms with Crippen molar-refractivity contribution >= 4 is 32.7 Å². The van der Waals surface area contributed by atoms with Gasteiger partial charge < -0.3 is 5.11 Å². The van der Waals surface area contributed by atoms with E-state index >= 15 is 0 Å². The summed E-state index contributed by atoms with van der Waals surface area (Å²) in [6.07, 6.45) is 0.521. The van der Waals surface area contributed by atoms with Crippen LogP contribution in [0, 0.1) is 6.92 Å². The molecule has 0 heterocycles. The summed E-state index contributed by atoms with van der Waals surface area (Å²) in [5.41, 5.74) is 1.69. The summed E-state index contributed by atoms with van der Waals surface area (Å²) >= 11 is 3.40. The van der Waals surface area contributed by atoms with Crippen LogP contribution in [0.15, 0.2) is 22.7 Å². The minimum atomic E-state index is -0.598. The molecule has 4 nitrogen and oxygen atoms in total. The number of carbonyl (C=O) groups is 1. The van der Waals surface area contributed by atoms with Gasteiger partial charge in [0.2, 0.25) is 0 Å². The molecule has 0 aliphatic carbocycles. The second-order valence-electron chi connectivity index (χ2n) is 4.41. The first-order valence-corrected chi connectivity index (χ1v) is 6.99. The predicted molar refractivity (Wildman–Crippen MR) is 79.9 cm³/mol. The van der Waals surface area contributed by atoms with E-state index in [1.807, 2.05) is 32.0 Å². The van der Waals surface area contributed by atoms with Crippen LogP contribution in [-0.2, 0) is 16.2 Å². The van der Waals surface area contributed by atoms with Crippen molar-refractivity contribution in [2.75, 3.05) is 7.11 Å². The van der Waals surface area contributed by atoms with Crippen LogP contribution in [-0.4, -0.2) is 18.2 Å². The van der Waals surface area contributed by atoms with Crippen molar-refractivity contribution in [1.82, 2.24) is 0 Å². The Hall–Kier alpha value is -1.59. The Bertz CT molecular complexity index is 679. The zero-order chi connectivity index (χ0) is 14.9. The first-order valence-electron chi connectivity index (χ1n) is 6.19. The molecule has 0 saturated heterocycles. The monoisotopic (exact) mass is 338 g/mol. The van der Waals surface area contributed by atoms with Gasteiger partial charge in [0.1, 0.15) is 5.75 Å². The van der Waals surface area contributed by atoms with Crippen molar-refractivity contribution in [3.05, 3.63) is 39.4 Å². The summed E-state index contributed by atoms with van der Waals surface area (Å²) in [6.45, 7) is 3.71. The van der Waals surface area contributed by atoms with Crippen LogP contribution in [0.2, 0.25) is 0 Å². The van der Waals surface area contributed by atoms with Crippen LogP contribution in [0.5, 0.6) is 5.75 Å². The molecule has 0 fully saturated rings. The highest BCUT2D eigenvalue weighted by Crippen LogP contribution is 2.37. The van der Waals surface area contributed by atoms with E-state index in [-0.39, 0.29) is 5.75 Å². The Labute approximate surface area is 125 Å². The normalized spacial score (nSPS) is 10.8. The fourth-order valence-electron chi connectivity index (χ4n) is 2.41. The molecule has 1 N–H and O–H groups in total. The molecule has 2 aromatic carbocycles. The third-order valence-electron chi connectivity index (χ3n) is 3.32. The maximum absolute atomic E-state index is 12.1. The Morgan fingerprint density at radius 2 is 2.05 bits per heavy atom. The summed E-state index contributed by atoms with van der Waals surface area (Å²) < 4.78 is 0.878. The van der Waals surface area contributed by atoms with Crippen LogP contribution in [0.1, 0.15) is 28.4 Å². The first kappa shape index (κ1) is 14.8. The van der Waals surface area contributed by atoms with Gasteiger partial charge in [0, 0.05) is 15.4 Å². The highest BCUT2D eigenvalue weighted by molar-refractivity contribution is 9.10. The van der Waals surface area contributed by atoms with Gasteiger partial charge in [0.25, 0.3) is 0 Å². The molecule has 106 valence electrons. The number of aromatic hydroxyl groups is 1. The molecule has 2 rings (SSSR count). The van der Waals surface area contributed by atoms with E-state index in [0.29, 0.717) is 17.5 Å². The maximum atomic E-state index is 12.1. The van der Waals surface area contributed by atoms with Crippen LogP contribution < -0.4 is 0 Å². The minimum absolute atomic E-state index is 0.114. The van der Waals surface area contributed by atoms with Crippen molar-refractivity contribution in [2.45, 2.75) is 20.3 Å². The number of fused-ring (bicyclic) bond motifs is 1. The third kappa shape index (κ3) is 2.39. The van der Waals surface area contributed by atoms with Crippen LogP contribution in [0.4, 0.5) is 0 Å². The number of phenolic OH excluding ortho intramolecular Hbond substituents is 1. The second kappa shape index (κ2) is 5.81. The van der Waals surface area contributed by atoms with E-state index in [1.54, 1.807) is 0 Å². The first-order chi connectivity index (χ1) is 9.51. The Balaban J connectivity index is 2.85. The zero-order valence-corrected chi connectivity index (χ0v) is 13.1. The minimum Gasteiger partial charge on any atom is -0.507 e. The van der Waals surface area contributed by atoms with E-state index in [9.17, 15) is 9.90 Å². The molecule has 20 heavy (non-hydrogen) atoms. The molecule has 0 aromatic heterocycles. The van der Waals surface area contributed by atoms with Crippen LogP contribution in [0.3, 0.4) is 0 Å². The summed E-state index contributed by atoms with van der Waals surface area (Å²) in [4.78, 5) is 21.1. The number of benzene rings is 2. The molecule has 2 aromatic rings. The lowest BCUT2D eigenvalue weighted by Gasteiger charge is -2.15. The highest BCUT2D eigenvalue weighted by atomic mass is 79.9. The lowest BCUT2D eigenvalue weighted by atomic mass is 9.92. The number of carbonyl (C=O) groups excluding carboxylic acids is 1. The number of hydrogen-bond acceptors (Lipinski definition) is 4. The molecule has 0 spiro atoms. The standard InChI is InChI=1S/C15H15BrO4/c1-4-10-13(15(18)20-19-3)8(2)12-7-9(16)5-6-11(12)14(10)17/h5-7,17H,4H2,1-3H3. The molecular formula is C15H15BrO4. The van der Waals surface area contributed by atoms with Crippen molar-refractivity contribution in [3.63, 3.8) is 0 Å². The molecule has 0 bridgehead atoms. The Morgan fingerprint density at radius 1 is 1.35 bits per heavy atom. The lowest BCUT2D eigenvalue weighted by molar-refractivity contribution is -0.216. The second-order valence-corrected chi connectivity index (χ2v) is 5.32. The lowest BCUT2D eigenvalue weighted by Crippen LogP contribution is -2.10. The van der Waals surface area contributed by atoms with Crippen molar-refractivity contribution in [2.24, 2.45) is 0 Å². The Kier molecular flexibility index (Phi) is 4.30. The van der Waals surface area contributed by atoms with Crippen LogP contribution >= 0.6 is 15.9 Å². The van der Waals surface area contributed by atoms with Crippen molar-refractivity contribution in [3.8, 4) is 5.75 Å². The summed E-state index contributed by atoms with van der Waals surface area (Å²) in [5.74, 6) is -0.484. The fraction of sp³-hybridized carbons (Fsp3) is 0.267. The number of rotatable bonds is 3. The zero-order valence-electron chi connectivity index (χ0n) is 11.5. The Morgan fingerprint density at radius 3 is 2.65 bits per heavy atom. The van der Waals surface area contributed by atoms with Gasteiger partial charge in [0.15, 0.2) is 0 Å². The topological polar surface area (TPSA) is 55.8 Å². The molecule has 0 radical (unpaired) electrons. The third-order valence-corrected chi connectivity index (χ3v) is 3.81. The molecule has 0 atom stereocenters. The van der Waals surface area contributed by atoms with Gasteiger partial charge in [0.05, 0.1) is 12.7 Å². The molecule has 5 heteroatoms. The molecule has 0 aliphatic heterocycles. The maximum Gasteiger partial charge on any atom is 0.373 e. The van der Waals surface area contributed by atoms with Crippen molar-refractivity contribution in [1.29, 1.82) is 0 Å². The molecule has 0 unspecified atom stereocenters. The van der Waals surface area contributed by atoms with Gasteiger partial charge in [-0.3, -0.25) is 4.89 Å². The molecule has 0 aliphatic rings. The van der Waals surface area contributed by atoms with Gasteiger partial charge in [-0.05, 0) is 42.5 Å². The van der Waals surface area contributed by atoms with E-state index in [2.05, 4.69) is 25.7 Å². The SMILES string of the molecule is CCc1c(C(=O)OOC)c(C)c2cc(Br)ccc2c1O. The van der Waals surface area contributed by atoms with Gasteiger partial charge in [-0.25, -0.2) is 4.79 Å². The summed E-state index contributed by atoms with van der Waals surface area (Å²) in [6, 6.07) is 5.55. The molecular weight excluding hydrogens is 324 g/mol. The molecule has 0 saturated carbocycles. The summed E-state index contributed by atoms with van der Waals surface area (Å²) in [5, 5.41) is 11.9. The average molecular weight is 339 g/mol. The summed E-state index contributed by atoms with van der Waals surface area (Å²) in [7, 11) is 1.27. The average Bonchev–Trinajstić information content (AvgIpc) is 2.42. The van der Waals surface area contributed by atoms with Gasteiger partial charge in [-0.2, -0.15) is 4.89 Å². The fourth-order valence-corrected chi connectivity index (χ4v) is 2.77. The largest absolute Gasteiger partial charge is 0.507 e. The molecule has 0 amide bonds. The van der Waals surface area contributed by atoms with Gasteiger partial charge in [-0.1, -0.05) is 22.9 Å². The van der Waals surface area contributed by atoms with Gasteiger partial charge >= 0.3 is 5.97 Å². The van der Waals surface area contributed by atoms with E-state index in [0.717, 1.165) is 20.8 Å². The predicted octanol–water partition coefficient (Wildman–Crippen LogP) is 3.90. The highest BCUT2D eigenvalue weighted by Gasteiger charge is 2.22. The number of halogens is 1. The number of aryl methyl sites for hydroxylation is 1. The van der Waals surface area contributed by atoms with E-state index in [4.69, 9.17) is 0 Å². The van der Waals surface area contributed by atoms with Crippen molar-refractivity contribution < 1.29 is 19.7 Å². The number of hydrogen-bond donors (Lipinski definition) is 1. The quantitative estimate of drug-likeness (QED) is 0.681. The van der Waals surface area contributed by atoms with E-state index in [1.165, 1.54) is 7.11 Å². The van der Waals surface area contributed by atoms with E-state index < -0.39 is 5.97 Å². The number of phenols is 1.